The van der Waals surface area contributed by atoms with Gasteiger partial charge >= 0.3 is 0 Å². The first-order chi connectivity index (χ1) is 9.90. The second-order valence-electron chi connectivity index (χ2n) is 5.03. The number of sulfonamides is 1. The van der Waals surface area contributed by atoms with E-state index in [0.29, 0.717) is 6.54 Å². The zero-order valence-corrected chi connectivity index (χ0v) is 13.3. The Bertz CT molecular complexity index is 686. The molecular weight excluding hydrogens is 312 g/mol. The number of nitrogens with one attached hydrogen (secondary N) is 1. The molecule has 0 saturated carbocycles. The summed E-state index contributed by atoms with van der Waals surface area (Å²) in [5.74, 6) is 0.0893. The van der Waals surface area contributed by atoms with E-state index in [4.69, 9.17) is 11.6 Å². The second-order valence-corrected chi connectivity index (χ2v) is 7.12. The van der Waals surface area contributed by atoms with Crippen molar-refractivity contribution < 1.29 is 8.42 Å². The molecule has 6 nitrogen and oxygen atoms in total. The maximum Gasteiger partial charge on any atom is 0.242 e. The van der Waals surface area contributed by atoms with E-state index in [1.165, 1.54) is 6.07 Å². The van der Waals surface area contributed by atoms with E-state index in [-0.39, 0.29) is 21.9 Å². The molecule has 0 fully saturated rings. The molecule has 114 valence electrons. The maximum absolute atomic E-state index is 12.5. The second kappa shape index (κ2) is 6.55. The van der Waals surface area contributed by atoms with Gasteiger partial charge in [0.15, 0.2) is 0 Å². The molecular formula is C13H17ClN4O2S. The Balaban J connectivity index is 2.22. The van der Waals surface area contributed by atoms with Gasteiger partial charge in [-0.1, -0.05) is 42.8 Å². The van der Waals surface area contributed by atoms with Gasteiger partial charge in [0.05, 0.1) is 17.8 Å². The molecule has 2 rings (SSSR count). The fourth-order valence-corrected chi connectivity index (χ4v) is 3.74. The van der Waals surface area contributed by atoms with Gasteiger partial charge in [-0.2, -0.15) is 0 Å². The van der Waals surface area contributed by atoms with Crippen molar-refractivity contribution in [3.63, 3.8) is 0 Å². The SMILES string of the molecule is CC(C)[C@@H](Cn1ccnn1)NS(=O)(=O)c1ccccc1Cl. The number of aromatic nitrogens is 3. The molecule has 8 heteroatoms. The van der Waals surface area contributed by atoms with Gasteiger partial charge in [-0.25, -0.2) is 13.1 Å². The lowest BCUT2D eigenvalue weighted by Crippen LogP contribution is -2.41. The molecule has 0 spiro atoms. The minimum Gasteiger partial charge on any atom is -0.251 e. The van der Waals surface area contributed by atoms with Crippen LogP contribution in [0.3, 0.4) is 0 Å². The third kappa shape index (κ3) is 4.03. The van der Waals surface area contributed by atoms with E-state index in [1.54, 1.807) is 35.3 Å². The third-order valence-corrected chi connectivity index (χ3v) is 5.08. The molecule has 2 aromatic rings. The highest BCUT2D eigenvalue weighted by Gasteiger charge is 2.24. The van der Waals surface area contributed by atoms with Crippen LogP contribution in [0, 0.1) is 5.92 Å². The highest BCUT2D eigenvalue weighted by atomic mass is 35.5. The molecule has 1 atom stereocenters. The van der Waals surface area contributed by atoms with E-state index in [9.17, 15) is 8.42 Å². The molecule has 0 unspecified atom stereocenters. The van der Waals surface area contributed by atoms with Crippen LogP contribution in [-0.4, -0.2) is 29.5 Å². The van der Waals surface area contributed by atoms with Crippen LogP contribution >= 0.6 is 11.6 Å². The zero-order valence-electron chi connectivity index (χ0n) is 11.8. The van der Waals surface area contributed by atoms with Gasteiger partial charge in [0.2, 0.25) is 10.0 Å². The van der Waals surface area contributed by atoms with Crippen LogP contribution in [-0.2, 0) is 16.6 Å². The van der Waals surface area contributed by atoms with Gasteiger partial charge in [-0.05, 0) is 18.1 Å². The van der Waals surface area contributed by atoms with Crippen LogP contribution in [0.5, 0.6) is 0 Å². The molecule has 1 aromatic heterocycles. The van der Waals surface area contributed by atoms with Crippen molar-refractivity contribution in [3.05, 3.63) is 41.7 Å². The smallest absolute Gasteiger partial charge is 0.242 e. The summed E-state index contributed by atoms with van der Waals surface area (Å²) in [6, 6.07) is 6.06. The normalized spacial score (nSPS) is 13.5. The highest BCUT2D eigenvalue weighted by Crippen LogP contribution is 2.21. The van der Waals surface area contributed by atoms with Crippen molar-refractivity contribution in [2.75, 3.05) is 0 Å². The fourth-order valence-electron chi connectivity index (χ4n) is 1.84. The van der Waals surface area contributed by atoms with Gasteiger partial charge < -0.3 is 0 Å². The van der Waals surface area contributed by atoms with Crippen molar-refractivity contribution in [1.29, 1.82) is 0 Å². The number of benzene rings is 1. The van der Waals surface area contributed by atoms with E-state index >= 15 is 0 Å². The van der Waals surface area contributed by atoms with Crippen LogP contribution in [0.4, 0.5) is 0 Å². The number of rotatable bonds is 6. The van der Waals surface area contributed by atoms with Crippen LogP contribution < -0.4 is 4.72 Å². The molecule has 0 amide bonds. The number of halogens is 1. The molecule has 1 aromatic carbocycles. The summed E-state index contributed by atoms with van der Waals surface area (Å²) in [4.78, 5) is 0.0795. The van der Waals surface area contributed by atoms with Crippen LogP contribution in [0.2, 0.25) is 5.02 Å². The van der Waals surface area contributed by atoms with Crippen molar-refractivity contribution >= 4 is 21.6 Å². The van der Waals surface area contributed by atoms with Gasteiger partial charge in [-0.15, -0.1) is 5.10 Å². The van der Waals surface area contributed by atoms with E-state index < -0.39 is 10.0 Å². The third-order valence-electron chi connectivity index (χ3n) is 3.09. The van der Waals surface area contributed by atoms with E-state index in [0.717, 1.165) is 0 Å². The van der Waals surface area contributed by atoms with Gasteiger partial charge in [0, 0.05) is 12.2 Å². The zero-order chi connectivity index (χ0) is 15.5. The fraction of sp³-hybridized carbons (Fsp3) is 0.385. The largest absolute Gasteiger partial charge is 0.251 e. The molecule has 0 aliphatic carbocycles. The molecule has 0 saturated heterocycles. The predicted molar refractivity (Wildman–Crippen MR) is 80.4 cm³/mol. The van der Waals surface area contributed by atoms with Gasteiger partial charge in [0.25, 0.3) is 0 Å². The Morgan fingerprint density at radius 1 is 1.33 bits per heavy atom. The molecule has 1 N–H and O–H groups in total. The molecule has 0 radical (unpaired) electrons. The minimum absolute atomic E-state index is 0.0795. The highest BCUT2D eigenvalue weighted by molar-refractivity contribution is 7.89. The average molecular weight is 329 g/mol. The topological polar surface area (TPSA) is 76.9 Å². The molecule has 0 bridgehead atoms. The predicted octanol–water partition coefficient (Wildman–Crippen LogP) is 1.93. The first-order valence-corrected chi connectivity index (χ1v) is 8.37. The summed E-state index contributed by atoms with van der Waals surface area (Å²) in [5.41, 5.74) is 0. The summed E-state index contributed by atoms with van der Waals surface area (Å²) in [6.45, 7) is 4.29. The van der Waals surface area contributed by atoms with Crippen molar-refractivity contribution in [1.82, 2.24) is 19.7 Å². The summed E-state index contributed by atoms with van der Waals surface area (Å²) in [6.07, 6.45) is 3.25. The van der Waals surface area contributed by atoms with Gasteiger partial charge in [-0.3, -0.25) is 4.68 Å². The van der Waals surface area contributed by atoms with E-state index in [2.05, 4.69) is 15.0 Å². The molecule has 21 heavy (non-hydrogen) atoms. The van der Waals surface area contributed by atoms with Gasteiger partial charge in [0.1, 0.15) is 4.90 Å². The molecule has 0 aliphatic heterocycles. The molecule has 1 heterocycles. The number of hydrogen-bond acceptors (Lipinski definition) is 4. The Kier molecular flexibility index (Phi) is 4.97. The first-order valence-electron chi connectivity index (χ1n) is 6.51. The summed E-state index contributed by atoms with van der Waals surface area (Å²) in [7, 11) is -3.68. The average Bonchev–Trinajstić information content (AvgIpc) is 2.91. The lowest BCUT2D eigenvalue weighted by Gasteiger charge is -2.22. The Hall–Kier alpha value is -1.44. The monoisotopic (exact) mass is 328 g/mol. The lowest BCUT2D eigenvalue weighted by atomic mass is 10.1. The Morgan fingerprint density at radius 2 is 2.05 bits per heavy atom. The van der Waals surface area contributed by atoms with Crippen LogP contribution in [0.25, 0.3) is 0 Å². The lowest BCUT2D eigenvalue weighted by molar-refractivity contribution is 0.378. The maximum atomic E-state index is 12.5. The first kappa shape index (κ1) is 15.9. The Morgan fingerprint density at radius 3 is 2.62 bits per heavy atom. The minimum atomic E-state index is -3.68. The van der Waals surface area contributed by atoms with Crippen LogP contribution in [0.1, 0.15) is 13.8 Å². The van der Waals surface area contributed by atoms with Crippen LogP contribution in [0.15, 0.2) is 41.6 Å². The number of hydrogen-bond donors (Lipinski definition) is 1. The van der Waals surface area contributed by atoms with Crippen molar-refractivity contribution in [3.8, 4) is 0 Å². The Labute approximate surface area is 129 Å². The summed E-state index contributed by atoms with van der Waals surface area (Å²) < 4.78 is 29.2. The number of nitrogens with zero attached hydrogens (tertiary/aromatic N) is 3. The van der Waals surface area contributed by atoms with E-state index in [1.807, 2.05) is 13.8 Å². The summed E-state index contributed by atoms with van der Waals surface area (Å²) in [5, 5.41) is 7.78. The standard InChI is InChI=1S/C13H17ClN4O2S/c1-10(2)12(9-18-8-7-15-17-18)16-21(19,20)13-6-4-3-5-11(13)14/h3-8,10,12,16H,9H2,1-2H3/t12-/m1/s1. The molecule has 0 aliphatic rings. The van der Waals surface area contributed by atoms with Crippen molar-refractivity contribution in [2.45, 2.75) is 31.3 Å². The van der Waals surface area contributed by atoms with Crippen molar-refractivity contribution in [2.24, 2.45) is 5.92 Å². The summed E-state index contributed by atoms with van der Waals surface area (Å²) >= 11 is 5.97. The quantitative estimate of drug-likeness (QED) is 0.879.